The second kappa shape index (κ2) is 6.27. The summed E-state index contributed by atoms with van der Waals surface area (Å²) in [6.45, 7) is 0. The normalized spacial score (nSPS) is 8.87. The lowest BCUT2D eigenvalue weighted by molar-refractivity contribution is -0.111. The van der Waals surface area contributed by atoms with Crippen molar-refractivity contribution in [2.24, 2.45) is 16.5 Å². The Morgan fingerprint density at radius 3 is 2.20 bits per heavy atom. The van der Waals surface area contributed by atoms with Crippen molar-refractivity contribution in [1.29, 1.82) is 0 Å². The fourth-order valence-electron chi connectivity index (χ4n) is 0.998. The minimum Gasteiger partial charge on any atom is -0.370 e. The molecule has 0 spiro atoms. The van der Waals surface area contributed by atoms with Crippen LogP contribution in [-0.2, 0) is 11.2 Å². The van der Waals surface area contributed by atoms with Gasteiger partial charge in [-0.3, -0.25) is 4.79 Å². The highest BCUT2D eigenvalue weighted by atomic mass is 35.5. The zero-order chi connectivity index (χ0) is 10.6. The van der Waals surface area contributed by atoms with Crippen LogP contribution in [-0.4, -0.2) is 11.2 Å². The highest BCUT2D eigenvalue weighted by molar-refractivity contribution is 6.63. The molecule has 4 N–H and O–H groups in total. The molecule has 0 radical (unpaired) electrons. The maximum atomic E-state index is 10.6. The van der Waals surface area contributed by atoms with E-state index in [0.717, 1.165) is 5.56 Å². The van der Waals surface area contributed by atoms with Gasteiger partial charge in [0.1, 0.15) is 0 Å². The summed E-state index contributed by atoms with van der Waals surface area (Å²) < 4.78 is 0. The molecule has 0 saturated carbocycles. The van der Waals surface area contributed by atoms with Crippen molar-refractivity contribution in [1.82, 2.24) is 0 Å². The number of aliphatic imine (C=N–C) groups is 1. The number of hydrogen-bond acceptors (Lipinski definition) is 2. The molecule has 0 heterocycles. The molecule has 1 aromatic rings. The molecule has 82 valence electrons. The van der Waals surface area contributed by atoms with Gasteiger partial charge in [-0.15, -0.1) is 12.4 Å². The minimum absolute atomic E-state index is 0. The second-order valence-corrected chi connectivity index (χ2v) is 3.16. The van der Waals surface area contributed by atoms with Crippen molar-refractivity contribution in [2.45, 2.75) is 6.42 Å². The van der Waals surface area contributed by atoms with Crippen LogP contribution >= 0.6 is 24.0 Å². The lowest BCUT2D eigenvalue weighted by atomic mass is 10.1. The van der Waals surface area contributed by atoms with Crippen LogP contribution in [0.5, 0.6) is 0 Å². The molecule has 1 aromatic carbocycles. The monoisotopic (exact) mass is 247 g/mol. The quantitative estimate of drug-likeness (QED) is 0.480. The first-order chi connectivity index (χ1) is 6.58. The average Bonchev–Trinajstić information content (AvgIpc) is 2.06. The van der Waals surface area contributed by atoms with Crippen LogP contribution in [0.4, 0.5) is 5.69 Å². The summed E-state index contributed by atoms with van der Waals surface area (Å²) in [5.74, 6) is 0.00571. The largest absolute Gasteiger partial charge is 0.370 e. The van der Waals surface area contributed by atoms with Crippen LogP contribution < -0.4 is 11.5 Å². The standard InChI is InChI=1S/C9H10ClN3O.ClH/c10-8(14)5-6-1-3-7(4-2-6)13-9(11)12;/h1-4H,5H2,(H4,11,12,13);1H. The van der Waals surface area contributed by atoms with Crippen LogP contribution in [0.2, 0.25) is 0 Å². The molecule has 0 bridgehead atoms. The number of nitrogens with two attached hydrogens (primary N) is 2. The summed E-state index contributed by atoms with van der Waals surface area (Å²) in [6, 6.07) is 6.94. The Morgan fingerprint density at radius 1 is 1.27 bits per heavy atom. The van der Waals surface area contributed by atoms with Crippen LogP contribution in [0.1, 0.15) is 5.56 Å². The summed E-state index contributed by atoms with van der Waals surface area (Å²) in [7, 11) is 0. The predicted molar refractivity (Wildman–Crippen MR) is 63.7 cm³/mol. The maximum Gasteiger partial charge on any atom is 0.226 e. The molecular formula is C9H11Cl2N3O. The summed E-state index contributed by atoms with van der Waals surface area (Å²) in [5, 5.41) is -0.389. The van der Waals surface area contributed by atoms with E-state index >= 15 is 0 Å². The minimum atomic E-state index is -0.389. The van der Waals surface area contributed by atoms with E-state index in [1.807, 2.05) is 0 Å². The predicted octanol–water partition coefficient (Wildman–Crippen LogP) is 1.32. The molecule has 0 amide bonds. The average molecular weight is 248 g/mol. The number of halogens is 2. The summed E-state index contributed by atoms with van der Waals surface area (Å²) in [6.07, 6.45) is 0.212. The van der Waals surface area contributed by atoms with Gasteiger partial charge in [-0.05, 0) is 29.3 Å². The number of guanidine groups is 1. The van der Waals surface area contributed by atoms with Gasteiger partial charge in [-0.25, -0.2) is 4.99 Å². The molecule has 0 atom stereocenters. The van der Waals surface area contributed by atoms with Gasteiger partial charge in [0.05, 0.1) is 5.69 Å². The zero-order valence-corrected chi connectivity index (χ0v) is 9.39. The molecule has 4 nitrogen and oxygen atoms in total. The van der Waals surface area contributed by atoms with E-state index in [0.29, 0.717) is 5.69 Å². The van der Waals surface area contributed by atoms with E-state index in [-0.39, 0.29) is 30.0 Å². The van der Waals surface area contributed by atoms with Gasteiger partial charge in [0.25, 0.3) is 0 Å². The molecule has 0 saturated heterocycles. The molecule has 0 aliphatic rings. The zero-order valence-electron chi connectivity index (χ0n) is 7.81. The van der Waals surface area contributed by atoms with Gasteiger partial charge < -0.3 is 11.5 Å². The third-order valence-corrected chi connectivity index (χ3v) is 1.67. The molecule has 0 unspecified atom stereocenters. The Labute approximate surface area is 98.7 Å². The summed E-state index contributed by atoms with van der Waals surface area (Å²) in [4.78, 5) is 14.4. The van der Waals surface area contributed by atoms with E-state index in [9.17, 15) is 4.79 Å². The first-order valence-corrected chi connectivity index (χ1v) is 4.32. The highest BCUT2D eigenvalue weighted by Crippen LogP contribution is 2.13. The Balaban J connectivity index is 0.00000196. The Morgan fingerprint density at radius 2 is 1.80 bits per heavy atom. The molecule has 15 heavy (non-hydrogen) atoms. The number of benzene rings is 1. The van der Waals surface area contributed by atoms with E-state index in [4.69, 9.17) is 23.1 Å². The number of hydrogen-bond donors (Lipinski definition) is 2. The Hall–Kier alpha value is -1.26. The highest BCUT2D eigenvalue weighted by Gasteiger charge is 1.98. The molecule has 6 heteroatoms. The third kappa shape index (κ3) is 5.24. The SMILES string of the molecule is Cl.NC(N)=Nc1ccc(CC(=O)Cl)cc1. The van der Waals surface area contributed by atoms with E-state index in [1.165, 1.54) is 0 Å². The maximum absolute atomic E-state index is 10.6. The molecule has 0 fully saturated rings. The first-order valence-electron chi connectivity index (χ1n) is 3.95. The van der Waals surface area contributed by atoms with Crippen LogP contribution in [0.15, 0.2) is 29.3 Å². The van der Waals surface area contributed by atoms with Crippen molar-refractivity contribution in [2.75, 3.05) is 0 Å². The van der Waals surface area contributed by atoms with Crippen molar-refractivity contribution in [3.63, 3.8) is 0 Å². The molecular weight excluding hydrogens is 237 g/mol. The fourth-order valence-corrected chi connectivity index (χ4v) is 1.15. The van der Waals surface area contributed by atoms with Gasteiger partial charge >= 0.3 is 0 Å². The van der Waals surface area contributed by atoms with E-state index < -0.39 is 0 Å². The Bertz CT molecular complexity index is 358. The topological polar surface area (TPSA) is 81.5 Å². The van der Waals surface area contributed by atoms with Crippen LogP contribution in [0.3, 0.4) is 0 Å². The van der Waals surface area contributed by atoms with Gasteiger partial charge in [0.15, 0.2) is 5.96 Å². The van der Waals surface area contributed by atoms with Crippen molar-refractivity contribution in [3.05, 3.63) is 29.8 Å². The summed E-state index contributed by atoms with van der Waals surface area (Å²) in [5.41, 5.74) is 11.9. The third-order valence-electron chi connectivity index (χ3n) is 1.54. The van der Waals surface area contributed by atoms with Crippen LogP contribution in [0.25, 0.3) is 0 Å². The molecule has 0 aliphatic heterocycles. The number of carbonyl (C=O) groups is 1. The fraction of sp³-hybridized carbons (Fsp3) is 0.111. The van der Waals surface area contributed by atoms with Crippen LogP contribution in [0, 0.1) is 0 Å². The van der Waals surface area contributed by atoms with Crippen molar-refractivity contribution < 1.29 is 4.79 Å². The van der Waals surface area contributed by atoms with Crippen molar-refractivity contribution in [3.8, 4) is 0 Å². The van der Waals surface area contributed by atoms with Gasteiger partial charge in [0.2, 0.25) is 5.24 Å². The number of rotatable bonds is 3. The van der Waals surface area contributed by atoms with Gasteiger partial charge in [-0.2, -0.15) is 0 Å². The second-order valence-electron chi connectivity index (χ2n) is 2.74. The molecule has 0 aromatic heterocycles. The Kier molecular flexibility index (Phi) is 5.74. The van der Waals surface area contributed by atoms with E-state index in [2.05, 4.69) is 4.99 Å². The lowest BCUT2D eigenvalue weighted by Gasteiger charge is -1.98. The molecule has 0 aliphatic carbocycles. The van der Waals surface area contributed by atoms with E-state index in [1.54, 1.807) is 24.3 Å². The number of carbonyl (C=O) groups excluding carboxylic acids is 1. The summed E-state index contributed by atoms with van der Waals surface area (Å²) >= 11 is 5.23. The smallest absolute Gasteiger partial charge is 0.226 e. The van der Waals surface area contributed by atoms with Gasteiger partial charge in [0, 0.05) is 6.42 Å². The first kappa shape index (κ1) is 13.7. The lowest BCUT2D eigenvalue weighted by Crippen LogP contribution is -2.21. The van der Waals surface area contributed by atoms with Gasteiger partial charge in [-0.1, -0.05) is 12.1 Å². The van der Waals surface area contributed by atoms with Crippen molar-refractivity contribution >= 4 is 40.9 Å². The molecule has 1 rings (SSSR count). The number of nitrogens with zero attached hydrogens (tertiary/aromatic N) is 1.